The van der Waals surface area contributed by atoms with Gasteiger partial charge in [0.15, 0.2) is 5.54 Å². The monoisotopic (exact) mass is 390 g/mol. The van der Waals surface area contributed by atoms with E-state index in [4.69, 9.17) is 23.2 Å². The number of aliphatic carboxylic acids is 1. The average Bonchev–Trinajstić information content (AvgIpc) is 2.62. The highest BCUT2D eigenvalue weighted by Gasteiger charge is 2.31. The summed E-state index contributed by atoms with van der Waals surface area (Å²) in [6.45, 7) is 2.15. The van der Waals surface area contributed by atoms with Crippen LogP contribution in [0.2, 0.25) is 10.0 Å². The molecule has 0 radical (unpaired) electrons. The molecule has 26 heavy (non-hydrogen) atoms. The molecule has 0 amide bonds. The Kier molecular flexibility index (Phi) is 7.37. The molecule has 1 atom stereocenters. The van der Waals surface area contributed by atoms with Gasteiger partial charge in [0, 0.05) is 29.0 Å². The number of rotatable bonds is 8. The highest BCUT2D eigenvalue weighted by molar-refractivity contribution is 6.30. The van der Waals surface area contributed by atoms with Crippen molar-refractivity contribution in [2.75, 3.05) is 6.54 Å². The molecule has 0 aromatic heterocycles. The normalized spacial score (nSPS) is 14.0. The Morgan fingerprint density at radius 3 is 2.00 bits per heavy atom. The predicted molar refractivity (Wildman–Crippen MR) is 108 cm³/mol. The van der Waals surface area contributed by atoms with Crippen molar-refractivity contribution in [2.45, 2.75) is 25.3 Å². The van der Waals surface area contributed by atoms with Crippen LogP contribution in [-0.4, -0.2) is 35.6 Å². The minimum atomic E-state index is -1.19. The molecule has 1 N–H and O–H groups in total. The molecule has 0 saturated carbocycles. The number of halogens is 2. The molecule has 0 spiro atoms. The molecule has 1 unspecified atom stereocenters. The number of aliphatic imine (C=N–C) groups is 2. The lowest BCUT2D eigenvalue weighted by atomic mass is 9.96. The Morgan fingerprint density at radius 2 is 1.50 bits per heavy atom. The van der Waals surface area contributed by atoms with Crippen molar-refractivity contribution in [1.29, 1.82) is 0 Å². The molecule has 2 aromatic rings. The fraction of sp³-hybridized carbons (Fsp3) is 0.250. The van der Waals surface area contributed by atoms with Crippen LogP contribution in [-0.2, 0) is 4.79 Å². The van der Waals surface area contributed by atoms with E-state index in [-0.39, 0.29) is 0 Å². The van der Waals surface area contributed by atoms with Crippen LogP contribution < -0.4 is 0 Å². The van der Waals surface area contributed by atoms with E-state index >= 15 is 0 Å². The molecule has 2 aromatic carbocycles. The summed E-state index contributed by atoms with van der Waals surface area (Å²) in [5.74, 6) is -0.954. The van der Waals surface area contributed by atoms with Crippen molar-refractivity contribution in [3.8, 4) is 0 Å². The summed E-state index contributed by atoms with van der Waals surface area (Å²) in [5, 5.41) is 10.8. The summed E-state index contributed by atoms with van der Waals surface area (Å²) in [5.41, 5.74) is 0.578. The Bertz CT molecular complexity index is 786. The maximum absolute atomic E-state index is 11.6. The number of benzene rings is 2. The van der Waals surface area contributed by atoms with E-state index in [1.165, 1.54) is 0 Å². The Hall–Kier alpha value is -2.17. The zero-order valence-electron chi connectivity index (χ0n) is 14.4. The maximum atomic E-state index is 11.6. The lowest BCUT2D eigenvalue weighted by molar-refractivity contribution is -0.142. The second kappa shape index (κ2) is 9.51. The van der Waals surface area contributed by atoms with Crippen LogP contribution in [0, 0.1) is 0 Å². The van der Waals surface area contributed by atoms with Gasteiger partial charge in [0.2, 0.25) is 0 Å². The first-order chi connectivity index (χ1) is 12.4. The number of carbonyl (C=O) groups is 1. The molecule has 6 heteroatoms. The van der Waals surface area contributed by atoms with Crippen molar-refractivity contribution in [2.24, 2.45) is 9.98 Å². The number of nitrogens with zero attached hydrogens (tertiary/aromatic N) is 2. The minimum Gasteiger partial charge on any atom is -0.479 e. The topological polar surface area (TPSA) is 62.0 Å². The molecule has 0 fully saturated rings. The van der Waals surface area contributed by atoms with Gasteiger partial charge in [0.1, 0.15) is 0 Å². The molecule has 0 aliphatic heterocycles. The summed E-state index contributed by atoms with van der Waals surface area (Å²) < 4.78 is 0. The summed E-state index contributed by atoms with van der Waals surface area (Å²) in [4.78, 5) is 20.2. The standard InChI is InChI=1S/C20H20Cl2N2O2/c1-20(19(25)26,24-14-16-5-9-18(22)10-6-16)11-2-12-23-13-15-3-7-17(21)8-4-15/h3-10,13-14H,2,11-12H2,1H3,(H,25,26). The number of carboxylic acids is 1. The molecule has 0 aliphatic rings. The molecule has 136 valence electrons. The van der Waals surface area contributed by atoms with Crippen molar-refractivity contribution < 1.29 is 9.90 Å². The number of hydrogen-bond acceptors (Lipinski definition) is 3. The van der Waals surface area contributed by atoms with Crippen LogP contribution in [0.3, 0.4) is 0 Å². The Balaban J connectivity index is 1.91. The molecular weight excluding hydrogens is 371 g/mol. The third-order valence-corrected chi connectivity index (χ3v) is 4.39. The van der Waals surface area contributed by atoms with Gasteiger partial charge in [0.05, 0.1) is 0 Å². The molecule has 0 aliphatic carbocycles. The van der Waals surface area contributed by atoms with E-state index in [2.05, 4.69) is 9.98 Å². The van der Waals surface area contributed by atoms with Gasteiger partial charge in [-0.25, -0.2) is 4.79 Å². The Labute approximate surface area is 163 Å². The number of hydrogen-bond donors (Lipinski definition) is 1. The number of carboxylic acid groups (broad SMARTS) is 1. The van der Waals surface area contributed by atoms with Crippen LogP contribution in [0.1, 0.15) is 30.9 Å². The van der Waals surface area contributed by atoms with Gasteiger partial charge in [-0.2, -0.15) is 0 Å². The maximum Gasteiger partial charge on any atom is 0.331 e. The van der Waals surface area contributed by atoms with E-state index < -0.39 is 11.5 Å². The summed E-state index contributed by atoms with van der Waals surface area (Å²) in [6.07, 6.45) is 4.34. The fourth-order valence-electron chi connectivity index (χ4n) is 2.23. The average molecular weight is 391 g/mol. The van der Waals surface area contributed by atoms with E-state index in [1.807, 2.05) is 12.1 Å². The van der Waals surface area contributed by atoms with Gasteiger partial charge in [-0.1, -0.05) is 47.5 Å². The van der Waals surface area contributed by atoms with Gasteiger partial charge < -0.3 is 5.11 Å². The molecule has 0 heterocycles. The lowest BCUT2D eigenvalue weighted by Crippen LogP contribution is -2.33. The van der Waals surface area contributed by atoms with Crippen LogP contribution in [0.25, 0.3) is 0 Å². The zero-order valence-corrected chi connectivity index (χ0v) is 15.9. The third kappa shape index (κ3) is 6.28. The second-order valence-corrected chi connectivity index (χ2v) is 6.95. The second-order valence-electron chi connectivity index (χ2n) is 6.08. The van der Waals surface area contributed by atoms with Crippen molar-refractivity contribution in [3.63, 3.8) is 0 Å². The first-order valence-electron chi connectivity index (χ1n) is 8.19. The molecule has 0 bridgehead atoms. The van der Waals surface area contributed by atoms with Gasteiger partial charge in [-0.05, 0) is 55.2 Å². The molecule has 2 rings (SSSR count). The highest BCUT2D eigenvalue weighted by Crippen LogP contribution is 2.19. The zero-order chi connectivity index (χ0) is 19.0. The first-order valence-corrected chi connectivity index (χ1v) is 8.94. The van der Waals surface area contributed by atoms with E-state index in [0.29, 0.717) is 29.4 Å². The summed E-state index contributed by atoms with van der Waals surface area (Å²) >= 11 is 11.7. The first kappa shape index (κ1) is 20.1. The Morgan fingerprint density at radius 1 is 1.00 bits per heavy atom. The van der Waals surface area contributed by atoms with Crippen LogP contribution >= 0.6 is 23.2 Å². The fourth-order valence-corrected chi connectivity index (χ4v) is 2.48. The smallest absolute Gasteiger partial charge is 0.331 e. The summed E-state index contributed by atoms with van der Waals surface area (Å²) in [6, 6.07) is 14.4. The van der Waals surface area contributed by atoms with E-state index in [9.17, 15) is 9.90 Å². The van der Waals surface area contributed by atoms with Crippen LogP contribution in [0.4, 0.5) is 0 Å². The van der Waals surface area contributed by atoms with Gasteiger partial charge in [0.25, 0.3) is 0 Å². The SMILES string of the molecule is CC(CCCN=Cc1ccc(Cl)cc1)(N=Cc1ccc(Cl)cc1)C(=O)O. The largest absolute Gasteiger partial charge is 0.479 e. The lowest BCUT2D eigenvalue weighted by Gasteiger charge is -2.19. The predicted octanol–water partition coefficient (Wildman–Crippen LogP) is 5.15. The third-order valence-electron chi connectivity index (χ3n) is 3.89. The van der Waals surface area contributed by atoms with Crippen LogP contribution in [0.5, 0.6) is 0 Å². The van der Waals surface area contributed by atoms with E-state index in [0.717, 1.165) is 11.1 Å². The van der Waals surface area contributed by atoms with Gasteiger partial charge in [-0.15, -0.1) is 0 Å². The molecule has 0 saturated heterocycles. The van der Waals surface area contributed by atoms with Crippen LogP contribution in [0.15, 0.2) is 58.5 Å². The van der Waals surface area contributed by atoms with E-state index in [1.54, 1.807) is 55.8 Å². The van der Waals surface area contributed by atoms with Gasteiger partial charge in [-0.3, -0.25) is 9.98 Å². The molecular formula is C20H20Cl2N2O2. The quantitative estimate of drug-likeness (QED) is 0.499. The van der Waals surface area contributed by atoms with Crippen molar-refractivity contribution in [1.82, 2.24) is 0 Å². The minimum absolute atomic E-state index is 0.393. The summed E-state index contributed by atoms with van der Waals surface area (Å²) in [7, 11) is 0. The highest BCUT2D eigenvalue weighted by atomic mass is 35.5. The van der Waals surface area contributed by atoms with Crippen molar-refractivity contribution >= 4 is 41.6 Å². The van der Waals surface area contributed by atoms with Gasteiger partial charge >= 0.3 is 5.97 Å². The van der Waals surface area contributed by atoms with Crippen molar-refractivity contribution in [3.05, 3.63) is 69.7 Å². The molecule has 4 nitrogen and oxygen atoms in total.